The number of nitrogens with zero attached hydrogens (tertiary/aromatic N) is 2. The predicted molar refractivity (Wildman–Crippen MR) is 83.2 cm³/mol. The van der Waals surface area contributed by atoms with Gasteiger partial charge in [-0.05, 0) is 61.0 Å². The molecular weight excluding hydrogens is 302 g/mol. The Morgan fingerprint density at radius 2 is 2.21 bits per heavy atom. The van der Waals surface area contributed by atoms with Crippen molar-refractivity contribution < 1.29 is 0 Å². The summed E-state index contributed by atoms with van der Waals surface area (Å²) in [5.41, 5.74) is 7.38. The fourth-order valence-corrected chi connectivity index (χ4v) is 3.98. The lowest BCUT2D eigenvalue weighted by atomic mass is 9.72. The van der Waals surface area contributed by atoms with Crippen molar-refractivity contribution in [2.24, 2.45) is 17.6 Å². The van der Waals surface area contributed by atoms with E-state index < -0.39 is 0 Å². The van der Waals surface area contributed by atoms with Crippen molar-refractivity contribution in [3.8, 4) is 0 Å². The first-order valence-electron chi connectivity index (χ1n) is 7.51. The van der Waals surface area contributed by atoms with Crippen molar-refractivity contribution in [2.45, 2.75) is 58.4 Å². The Labute approximate surface area is 125 Å². The van der Waals surface area contributed by atoms with Crippen molar-refractivity contribution in [2.75, 3.05) is 6.54 Å². The maximum absolute atomic E-state index is 6.02. The lowest BCUT2D eigenvalue weighted by molar-refractivity contribution is 0.225. The second-order valence-electron chi connectivity index (χ2n) is 6.11. The Morgan fingerprint density at radius 1 is 1.47 bits per heavy atom. The van der Waals surface area contributed by atoms with Crippen LogP contribution in [0.2, 0.25) is 0 Å². The van der Waals surface area contributed by atoms with E-state index in [0.29, 0.717) is 17.9 Å². The van der Waals surface area contributed by atoms with Gasteiger partial charge in [-0.1, -0.05) is 19.8 Å². The molecule has 1 aliphatic carbocycles. The topological polar surface area (TPSA) is 43.8 Å². The summed E-state index contributed by atoms with van der Waals surface area (Å²) in [4.78, 5) is 0. The quantitative estimate of drug-likeness (QED) is 0.904. The summed E-state index contributed by atoms with van der Waals surface area (Å²) in [7, 11) is 0. The molecule has 0 aliphatic heterocycles. The Kier molecular flexibility index (Phi) is 5.07. The molecule has 0 bridgehead atoms. The second-order valence-corrected chi connectivity index (χ2v) is 6.96. The van der Waals surface area contributed by atoms with Crippen LogP contribution < -0.4 is 5.73 Å². The van der Waals surface area contributed by atoms with Gasteiger partial charge >= 0.3 is 0 Å². The average molecular weight is 328 g/mol. The molecule has 3 nitrogen and oxygen atoms in total. The number of hydrogen-bond acceptors (Lipinski definition) is 2. The average Bonchev–Trinajstić information content (AvgIpc) is 2.80. The first-order chi connectivity index (χ1) is 9.08. The van der Waals surface area contributed by atoms with E-state index in [1.165, 1.54) is 31.4 Å². The van der Waals surface area contributed by atoms with Gasteiger partial charge in [0.2, 0.25) is 0 Å². The Morgan fingerprint density at radius 3 is 2.79 bits per heavy atom. The third-order valence-corrected chi connectivity index (χ3v) is 5.22. The normalized spacial score (nSPS) is 28.0. The Hall–Kier alpha value is -0.350. The molecule has 3 atom stereocenters. The Bertz CT molecular complexity index is 414. The van der Waals surface area contributed by atoms with Crippen LogP contribution in [-0.4, -0.2) is 16.3 Å². The molecular formula is C15H26BrN3. The lowest BCUT2D eigenvalue weighted by Gasteiger charge is -2.36. The zero-order valence-corrected chi connectivity index (χ0v) is 13.9. The summed E-state index contributed by atoms with van der Waals surface area (Å²) >= 11 is 3.70. The predicted octanol–water partition coefficient (Wildman–Crippen LogP) is 4.10. The molecule has 1 aliphatic rings. The van der Waals surface area contributed by atoms with Gasteiger partial charge in [0.25, 0.3) is 0 Å². The largest absolute Gasteiger partial charge is 0.330 e. The standard InChI is InChI=1S/C15H26BrN3/c1-4-11-5-6-12(8-17)13(7-11)15-14(16)9-18-19(15)10(2)3/h9-13H,4-8,17H2,1-3H3. The molecule has 108 valence electrons. The van der Waals surface area contributed by atoms with E-state index in [1.807, 2.05) is 6.20 Å². The van der Waals surface area contributed by atoms with Crippen LogP contribution in [-0.2, 0) is 0 Å². The summed E-state index contributed by atoms with van der Waals surface area (Å²) in [6.07, 6.45) is 7.08. The zero-order valence-electron chi connectivity index (χ0n) is 12.3. The first-order valence-corrected chi connectivity index (χ1v) is 8.30. The van der Waals surface area contributed by atoms with Gasteiger partial charge in [-0.15, -0.1) is 0 Å². The van der Waals surface area contributed by atoms with Gasteiger partial charge in [0, 0.05) is 12.0 Å². The van der Waals surface area contributed by atoms with E-state index in [-0.39, 0.29) is 0 Å². The van der Waals surface area contributed by atoms with Crippen LogP contribution in [0.15, 0.2) is 10.7 Å². The van der Waals surface area contributed by atoms with E-state index in [0.717, 1.165) is 16.9 Å². The third-order valence-electron chi connectivity index (χ3n) is 4.61. The maximum Gasteiger partial charge on any atom is 0.0635 e. The van der Waals surface area contributed by atoms with Gasteiger partial charge in [-0.2, -0.15) is 5.10 Å². The van der Waals surface area contributed by atoms with E-state index in [9.17, 15) is 0 Å². The van der Waals surface area contributed by atoms with Crippen LogP contribution in [0.5, 0.6) is 0 Å². The van der Waals surface area contributed by atoms with Gasteiger partial charge in [0.05, 0.1) is 16.4 Å². The van der Waals surface area contributed by atoms with Gasteiger partial charge in [0.1, 0.15) is 0 Å². The van der Waals surface area contributed by atoms with Crippen LogP contribution >= 0.6 is 15.9 Å². The highest BCUT2D eigenvalue weighted by Gasteiger charge is 2.33. The highest BCUT2D eigenvalue weighted by molar-refractivity contribution is 9.10. The molecule has 0 amide bonds. The third kappa shape index (κ3) is 3.05. The van der Waals surface area contributed by atoms with Crippen molar-refractivity contribution >= 4 is 15.9 Å². The molecule has 2 rings (SSSR count). The van der Waals surface area contributed by atoms with Crippen molar-refractivity contribution in [1.29, 1.82) is 0 Å². The number of aromatic nitrogens is 2. The van der Waals surface area contributed by atoms with Crippen molar-refractivity contribution in [3.05, 3.63) is 16.4 Å². The highest BCUT2D eigenvalue weighted by atomic mass is 79.9. The fraction of sp³-hybridized carbons (Fsp3) is 0.800. The van der Waals surface area contributed by atoms with Crippen LogP contribution in [0.25, 0.3) is 0 Å². The number of halogens is 1. The molecule has 0 aromatic carbocycles. The summed E-state index contributed by atoms with van der Waals surface area (Å²) in [6.45, 7) is 7.48. The number of nitrogens with two attached hydrogens (primary N) is 1. The monoisotopic (exact) mass is 327 g/mol. The highest BCUT2D eigenvalue weighted by Crippen LogP contribution is 2.43. The minimum Gasteiger partial charge on any atom is -0.330 e. The van der Waals surface area contributed by atoms with Crippen LogP contribution in [0, 0.1) is 11.8 Å². The maximum atomic E-state index is 6.02. The van der Waals surface area contributed by atoms with E-state index in [4.69, 9.17) is 5.73 Å². The van der Waals surface area contributed by atoms with E-state index in [1.54, 1.807) is 0 Å². The SMILES string of the molecule is CCC1CCC(CN)C(c2c(Br)cnn2C(C)C)C1. The smallest absolute Gasteiger partial charge is 0.0635 e. The molecule has 1 saturated carbocycles. The van der Waals surface area contributed by atoms with Gasteiger partial charge in [-0.3, -0.25) is 4.68 Å². The molecule has 3 unspecified atom stereocenters. The molecule has 0 spiro atoms. The molecule has 0 saturated heterocycles. The molecule has 4 heteroatoms. The lowest BCUT2D eigenvalue weighted by Crippen LogP contribution is -2.30. The summed E-state index contributed by atoms with van der Waals surface area (Å²) < 4.78 is 3.33. The van der Waals surface area contributed by atoms with E-state index >= 15 is 0 Å². The molecule has 1 fully saturated rings. The molecule has 2 N–H and O–H groups in total. The van der Waals surface area contributed by atoms with Gasteiger partial charge in [-0.25, -0.2) is 0 Å². The summed E-state index contributed by atoms with van der Waals surface area (Å²) in [6, 6.07) is 0.404. The minimum absolute atomic E-state index is 0.404. The van der Waals surface area contributed by atoms with Crippen molar-refractivity contribution in [1.82, 2.24) is 9.78 Å². The van der Waals surface area contributed by atoms with Gasteiger partial charge < -0.3 is 5.73 Å². The van der Waals surface area contributed by atoms with Crippen LogP contribution in [0.4, 0.5) is 0 Å². The van der Waals surface area contributed by atoms with Crippen molar-refractivity contribution in [3.63, 3.8) is 0 Å². The summed E-state index contributed by atoms with van der Waals surface area (Å²) in [5.74, 6) is 2.01. The van der Waals surface area contributed by atoms with E-state index in [2.05, 4.69) is 46.5 Å². The zero-order chi connectivity index (χ0) is 14.0. The number of hydrogen-bond donors (Lipinski definition) is 1. The molecule has 1 aromatic rings. The molecule has 0 radical (unpaired) electrons. The van der Waals surface area contributed by atoms with Crippen LogP contribution in [0.1, 0.15) is 64.1 Å². The molecule has 1 heterocycles. The molecule has 19 heavy (non-hydrogen) atoms. The van der Waals surface area contributed by atoms with Crippen LogP contribution in [0.3, 0.4) is 0 Å². The van der Waals surface area contributed by atoms with Gasteiger partial charge in [0.15, 0.2) is 0 Å². The number of rotatable bonds is 4. The second kappa shape index (κ2) is 6.40. The first kappa shape index (κ1) is 15.0. The Balaban J connectivity index is 2.33. The minimum atomic E-state index is 0.404. The summed E-state index contributed by atoms with van der Waals surface area (Å²) in [5, 5.41) is 4.54. The molecule has 1 aromatic heterocycles. The fourth-order valence-electron chi connectivity index (χ4n) is 3.42.